The Balaban J connectivity index is 2.11. The van der Waals surface area contributed by atoms with Crippen molar-refractivity contribution in [3.8, 4) is 5.75 Å². The van der Waals surface area contributed by atoms with Gasteiger partial charge in [-0.2, -0.15) is 0 Å². The minimum absolute atomic E-state index is 0.0399. The summed E-state index contributed by atoms with van der Waals surface area (Å²) < 4.78 is 25.8. The summed E-state index contributed by atoms with van der Waals surface area (Å²) in [5, 5.41) is 4.50. The smallest absolute Gasteiger partial charge is 0.163 e. The molecular formula is C13H7Cl2F2NO. The van der Waals surface area contributed by atoms with E-state index in [4.69, 9.17) is 28.0 Å². The molecule has 98 valence electrons. The van der Waals surface area contributed by atoms with Gasteiger partial charge in [-0.25, -0.2) is 8.78 Å². The van der Waals surface area contributed by atoms with Crippen molar-refractivity contribution in [3.05, 3.63) is 63.6 Å². The van der Waals surface area contributed by atoms with E-state index in [1.54, 1.807) is 18.2 Å². The van der Waals surface area contributed by atoms with Crippen LogP contribution >= 0.6 is 23.2 Å². The molecule has 0 unspecified atom stereocenters. The fourth-order valence-electron chi connectivity index (χ4n) is 1.38. The summed E-state index contributed by atoms with van der Waals surface area (Å²) in [5.41, 5.74) is 0.606. The van der Waals surface area contributed by atoms with Gasteiger partial charge in [-0.15, -0.1) is 0 Å². The third-order valence-corrected chi connectivity index (χ3v) is 2.52. The van der Waals surface area contributed by atoms with Crippen molar-refractivity contribution in [2.24, 2.45) is 5.16 Å². The molecule has 2 nitrogen and oxygen atoms in total. The van der Waals surface area contributed by atoms with Gasteiger partial charge in [0.05, 0.1) is 6.21 Å². The summed E-state index contributed by atoms with van der Waals surface area (Å²) in [7, 11) is 0. The lowest BCUT2D eigenvalue weighted by atomic mass is 10.2. The normalized spacial score (nSPS) is 10.9. The van der Waals surface area contributed by atoms with Crippen LogP contribution in [0.4, 0.5) is 8.78 Å². The van der Waals surface area contributed by atoms with Gasteiger partial charge in [0, 0.05) is 28.2 Å². The van der Waals surface area contributed by atoms with E-state index in [0.717, 1.165) is 18.2 Å². The number of benzene rings is 2. The van der Waals surface area contributed by atoms with E-state index in [-0.39, 0.29) is 5.75 Å². The topological polar surface area (TPSA) is 21.6 Å². The molecule has 0 heterocycles. The number of oxime groups is 1. The molecule has 0 N–H and O–H groups in total. The van der Waals surface area contributed by atoms with Crippen LogP contribution < -0.4 is 4.84 Å². The highest BCUT2D eigenvalue weighted by Crippen LogP contribution is 2.18. The molecule has 0 atom stereocenters. The molecule has 0 saturated heterocycles. The van der Waals surface area contributed by atoms with Crippen LogP contribution in [0.15, 0.2) is 41.6 Å². The molecule has 0 saturated carbocycles. The van der Waals surface area contributed by atoms with Crippen LogP contribution in [0.1, 0.15) is 5.56 Å². The first kappa shape index (κ1) is 13.8. The first-order chi connectivity index (χ1) is 9.02. The van der Waals surface area contributed by atoms with Crippen LogP contribution in [0.3, 0.4) is 0 Å². The Labute approximate surface area is 118 Å². The Hall–Kier alpha value is -1.65. The van der Waals surface area contributed by atoms with E-state index < -0.39 is 11.6 Å². The lowest BCUT2D eigenvalue weighted by Crippen LogP contribution is -1.89. The molecule has 0 amide bonds. The molecule has 0 fully saturated rings. The van der Waals surface area contributed by atoms with Gasteiger partial charge in [0.1, 0.15) is 11.6 Å². The van der Waals surface area contributed by atoms with Crippen molar-refractivity contribution < 1.29 is 13.6 Å². The first-order valence-electron chi connectivity index (χ1n) is 5.15. The lowest BCUT2D eigenvalue weighted by Gasteiger charge is -1.99. The SMILES string of the molecule is Fc1cc(F)cc(O/N=C/c2cc(Cl)cc(Cl)c2)c1. The summed E-state index contributed by atoms with van der Waals surface area (Å²) in [6.07, 6.45) is 1.33. The molecule has 0 aliphatic carbocycles. The van der Waals surface area contributed by atoms with Crippen molar-refractivity contribution in [1.82, 2.24) is 0 Å². The molecule has 2 aromatic carbocycles. The maximum atomic E-state index is 12.9. The van der Waals surface area contributed by atoms with E-state index in [1.165, 1.54) is 6.21 Å². The molecule has 0 aromatic heterocycles. The number of nitrogens with zero attached hydrogens (tertiary/aromatic N) is 1. The zero-order valence-electron chi connectivity index (χ0n) is 9.41. The quantitative estimate of drug-likeness (QED) is 0.595. The number of hydrogen-bond donors (Lipinski definition) is 0. The van der Waals surface area contributed by atoms with Gasteiger partial charge in [0.25, 0.3) is 0 Å². The first-order valence-corrected chi connectivity index (χ1v) is 5.91. The predicted molar refractivity (Wildman–Crippen MR) is 71.0 cm³/mol. The van der Waals surface area contributed by atoms with Crippen LogP contribution in [-0.4, -0.2) is 6.21 Å². The Morgan fingerprint density at radius 3 is 2.05 bits per heavy atom. The van der Waals surface area contributed by atoms with Crippen molar-refractivity contribution in [2.75, 3.05) is 0 Å². The fraction of sp³-hybridized carbons (Fsp3) is 0. The van der Waals surface area contributed by atoms with E-state index >= 15 is 0 Å². The fourth-order valence-corrected chi connectivity index (χ4v) is 1.92. The van der Waals surface area contributed by atoms with E-state index in [1.807, 2.05) is 0 Å². The zero-order chi connectivity index (χ0) is 13.8. The Kier molecular flexibility index (Phi) is 4.35. The average Bonchev–Trinajstić information content (AvgIpc) is 2.26. The molecule has 6 heteroatoms. The summed E-state index contributed by atoms with van der Waals surface area (Å²) >= 11 is 11.6. The van der Waals surface area contributed by atoms with Gasteiger partial charge in [-0.3, -0.25) is 0 Å². The standard InChI is InChI=1S/C13H7Cl2F2NO/c14-9-1-8(2-10(15)3-9)7-18-19-13-5-11(16)4-12(17)6-13/h1-7H/b18-7+. The van der Waals surface area contributed by atoms with Gasteiger partial charge in [-0.1, -0.05) is 28.4 Å². The van der Waals surface area contributed by atoms with Gasteiger partial charge in [0.2, 0.25) is 0 Å². The van der Waals surface area contributed by atoms with Crippen LogP contribution in [0.25, 0.3) is 0 Å². The van der Waals surface area contributed by atoms with E-state index in [2.05, 4.69) is 5.16 Å². The maximum absolute atomic E-state index is 12.9. The average molecular weight is 302 g/mol. The highest BCUT2D eigenvalue weighted by Gasteiger charge is 2.01. The molecule has 19 heavy (non-hydrogen) atoms. The molecule has 2 aromatic rings. The van der Waals surface area contributed by atoms with Crippen LogP contribution in [0.5, 0.6) is 5.75 Å². The van der Waals surface area contributed by atoms with Gasteiger partial charge in [-0.05, 0) is 23.8 Å². The summed E-state index contributed by atoms with van der Waals surface area (Å²) in [6, 6.07) is 7.59. The third-order valence-electron chi connectivity index (χ3n) is 2.08. The minimum Gasteiger partial charge on any atom is -0.357 e. The largest absolute Gasteiger partial charge is 0.357 e. The Morgan fingerprint density at radius 1 is 0.895 bits per heavy atom. The monoisotopic (exact) mass is 301 g/mol. The molecule has 0 spiro atoms. The predicted octanol–water partition coefficient (Wildman–Crippen LogP) is 4.68. The zero-order valence-corrected chi connectivity index (χ0v) is 10.9. The molecular weight excluding hydrogens is 295 g/mol. The second-order valence-electron chi connectivity index (χ2n) is 3.63. The van der Waals surface area contributed by atoms with Gasteiger partial charge >= 0.3 is 0 Å². The van der Waals surface area contributed by atoms with Gasteiger partial charge < -0.3 is 4.84 Å². The van der Waals surface area contributed by atoms with Crippen molar-refractivity contribution >= 4 is 29.4 Å². The molecule has 0 aliphatic rings. The molecule has 0 aliphatic heterocycles. The van der Waals surface area contributed by atoms with Crippen LogP contribution in [0.2, 0.25) is 10.0 Å². The van der Waals surface area contributed by atoms with Crippen molar-refractivity contribution in [3.63, 3.8) is 0 Å². The third kappa shape index (κ3) is 4.19. The summed E-state index contributed by atoms with van der Waals surface area (Å²) in [4.78, 5) is 4.85. The Morgan fingerprint density at radius 2 is 1.47 bits per heavy atom. The second-order valence-corrected chi connectivity index (χ2v) is 4.51. The summed E-state index contributed by atoms with van der Waals surface area (Å²) in [5.74, 6) is -1.52. The molecule has 0 radical (unpaired) electrons. The summed E-state index contributed by atoms with van der Waals surface area (Å²) in [6.45, 7) is 0. The maximum Gasteiger partial charge on any atom is 0.163 e. The van der Waals surface area contributed by atoms with Crippen molar-refractivity contribution in [2.45, 2.75) is 0 Å². The molecule has 2 rings (SSSR count). The van der Waals surface area contributed by atoms with Crippen LogP contribution in [-0.2, 0) is 0 Å². The number of rotatable bonds is 3. The number of halogens is 4. The Bertz CT molecular complexity index is 592. The minimum atomic E-state index is -0.740. The van der Waals surface area contributed by atoms with Crippen LogP contribution in [0, 0.1) is 11.6 Å². The van der Waals surface area contributed by atoms with E-state index in [9.17, 15) is 8.78 Å². The molecule has 0 bridgehead atoms. The number of hydrogen-bond acceptors (Lipinski definition) is 2. The highest BCUT2D eigenvalue weighted by molar-refractivity contribution is 6.35. The highest BCUT2D eigenvalue weighted by atomic mass is 35.5. The lowest BCUT2D eigenvalue weighted by molar-refractivity contribution is 0.339. The van der Waals surface area contributed by atoms with E-state index in [0.29, 0.717) is 15.6 Å². The van der Waals surface area contributed by atoms with Crippen molar-refractivity contribution in [1.29, 1.82) is 0 Å². The van der Waals surface area contributed by atoms with Gasteiger partial charge in [0.15, 0.2) is 5.75 Å². The second kappa shape index (κ2) is 5.99.